The fraction of sp³-hybridized carbons (Fsp3) is 0.364. The van der Waals surface area contributed by atoms with Crippen molar-refractivity contribution in [1.82, 2.24) is 9.62 Å². The molecule has 0 bridgehead atoms. The summed E-state index contributed by atoms with van der Waals surface area (Å²) >= 11 is 5.77. The molecule has 0 radical (unpaired) electrons. The number of nitrogens with one attached hydrogen (secondary N) is 1. The molecule has 0 atom stereocenters. The van der Waals surface area contributed by atoms with Crippen molar-refractivity contribution in [2.45, 2.75) is 11.8 Å². The Morgan fingerprint density at radius 1 is 1.47 bits per heavy atom. The summed E-state index contributed by atoms with van der Waals surface area (Å²) < 4.78 is 25.4. The molecule has 0 spiro atoms. The number of sulfonamides is 1. The van der Waals surface area contributed by atoms with Gasteiger partial charge >= 0.3 is 0 Å². The van der Waals surface area contributed by atoms with Crippen LogP contribution in [0.4, 0.5) is 5.69 Å². The second-order valence-electron chi connectivity index (χ2n) is 3.90. The van der Waals surface area contributed by atoms with Crippen LogP contribution in [0.15, 0.2) is 23.1 Å². The largest absolute Gasteiger partial charge is 0.398 e. The highest BCUT2D eigenvalue weighted by atomic mass is 35.5. The first-order chi connectivity index (χ1) is 8.78. The molecule has 106 valence electrons. The molecule has 1 aromatic carbocycles. The number of rotatable bonds is 5. The van der Waals surface area contributed by atoms with Gasteiger partial charge < -0.3 is 11.1 Å². The van der Waals surface area contributed by atoms with E-state index in [9.17, 15) is 13.2 Å². The topological polar surface area (TPSA) is 92.5 Å². The lowest BCUT2D eigenvalue weighted by Crippen LogP contribution is -2.38. The van der Waals surface area contributed by atoms with Crippen LogP contribution in [0.2, 0.25) is 5.02 Å². The fourth-order valence-electron chi connectivity index (χ4n) is 1.44. The summed E-state index contributed by atoms with van der Waals surface area (Å²) in [4.78, 5) is 11.3. The number of hydrogen-bond acceptors (Lipinski definition) is 4. The van der Waals surface area contributed by atoms with E-state index in [2.05, 4.69) is 5.32 Å². The lowest BCUT2D eigenvalue weighted by molar-refractivity contribution is -0.121. The first-order valence-corrected chi connectivity index (χ1v) is 7.39. The third-order valence-corrected chi connectivity index (χ3v) is 4.50. The molecule has 0 saturated heterocycles. The number of likely N-dealkylation sites (N-methyl/N-ethyl adjacent to an activating group) is 2. The molecule has 0 aliphatic heterocycles. The Balaban J connectivity index is 3.03. The van der Waals surface area contributed by atoms with Gasteiger partial charge in [-0.25, -0.2) is 8.42 Å². The van der Waals surface area contributed by atoms with E-state index >= 15 is 0 Å². The molecule has 0 aromatic heterocycles. The van der Waals surface area contributed by atoms with Crippen LogP contribution in [0.3, 0.4) is 0 Å². The van der Waals surface area contributed by atoms with Crippen LogP contribution in [-0.4, -0.2) is 38.8 Å². The van der Waals surface area contributed by atoms with E-state index in [0.717, 1.165) is 4.31 Å². The number of nitrogens with zero attached hydrogens (tertiary/aromatic N) is 1. The van der Waals surface area contributed by atoms with Crippen LogP contribution in [0, 0.1) is 0 Å². The van der Waals surface area contributed by atoms with Crippen molar-refractivity contribution < 1.29 is 13.2 Å². The van der Waals surface area contributed by atoms with E-state index < -0.39 is 10.0 Å². The Hall–Kier alpha value is -1.31. The van der Waals surface area contributed by atoms with Gasteiger partial charge in [-0.1, -0.05) is 11.6 Å². The van der Waals surface area contributed by atoms with Gasteiger partial charge in [0.2, 0.25) is 15.9 Å². The van der Waals surface area contributed by atoms with E-state index in [1.165, 1.54) is 25.2 Å². The molecule has 0 aliphatic rings. The summed E-state index contributed by atoms with van der Waals surface area (Å²) in [5, 5.41) is 2.79. The summed E-state index contributed by atoms with van der Waals surface area (Å²) in [5.41, 5.74) is 5.73. The van der Waals surface area contributed by atoms with Gasteiger partial charge in [0.05, 0.1) is 12.2 Å². The summed E-state index contributed by atoms with van der Waals surface area (Å²) in [5.74, 6) is -0.380. The smallest absolute Gasteiger partial charge is 0.245 e. The van der Waals surface area contributed by atoms with Gasteiger partial charge in [-0.2, -0.15) is 4.31 Å². The number of nitrogens with two attached hydrogens (primary N) is 1. The molecule has 1 aromatic rings. The SMILES string of the molecule is CCNC(=O)CN(C)S(=O)(=O)c1cc(Cl)ccc1N. The van der Waals surface area contributed by atoms with Crippen LogP contribution in [0.5, 0.6) is 0 Å². The molecule has 0 aliphatic carbocycles. The Bertz CT molecular complexity index is 575. The molecule has 0 heterocycles. The standard InChI is InChI=1S/C11H16ClN3O3S/c1-3-14-11(16)7-15(2)19(17,18)10-6-8(12)4-5-9(10)13/h4-6H,3,7,13H2,1-2H3,(H,14,16). The number of nitrogen functional groups attached to an aromatic ring is 1. The second-order valence-corrected chi connectivity index (χ2v) is 6.35. The molecular formula is C11H16ClN3O3S. The lowest BCUT2D eigenvalue weighted by atomic mass is 10.3. The van der Waals surface area contributed by atoms with Gasteiger partial charge in [-0.15, -0.1) is 0 Å². The predicted molar refractivity (Wildman–Crippen MR) is 74.4 cm³/mol. The molecule has 3 N–H and O–H groups in total. The molecular weight excluding hydrogens is 290 g/mol. The quantitative estimate of drug-likeness (QED) is 0.782. The van der Waals surface area contributed by atoms with Crippen LogP contribution in [0.1, 0.15) is 6.92 Å². The third kappa shape index (κ3) is 3.82. The molecule has 0 saturated carbocycles. The van der Waals surface area contributed by atoms with E-state index in [1.54, 1.807) is 6.92 Å². The van der Waals surface area contributed by atoms with Gasteiger partial charge in [0, 0.05) is 18.6 Å². The van der Waals surface area contributed by atoms with Crippen LogP contribution >= 0.6 is 11.6 Å². The molecule has 1 amide bonds. The van der Waals surface area contributed by atoms with Crippen molar-refractivity contribution in [3.05, 3.63) is 23.2 Å². The number of halogens is 1. The Kier molecular flexibility index (Phi) is 5.16. The molecule has 19 heavy (non-hydrogen) atoms. The zero-order valence-electron chi connectivity index (χ0n) is 10.7. The second kappa shape index (κ2) is 6.23. The van der Waals surface area contributed by atoms with Crippen molar-refractivity contribution in [1.29, 1.82) is 0 Å². The van der Waals surface area contributed by atoms with Gasteiger partial charge in [-0.05, 0) is 25.1 Å². The summed E-state index contributed by atoms with van der Waals surface area (Å²) in [6.07, 6.45) is 0. The number of amides is 1. The fourth-order valence-corrected chi connectivity index (χ4v) is 2.94. The van der Waals surface area contributed by atoms with Gasteiger partial charge in [-0.3, -0.25) is 4.79 Å². The van der Waals surface area contributed by atoms with E-state index in [4.69, 9.17) is 17.3 Å². The monoisotopic (exact) mass is 305 g/mol. The number of hydrogen-bond donors (Lipinski definition) is 2. The third-order valence-electron chi connectivity index (χ3n) is 2.40. The highest BCUT2D eigenvalue weighted by Gasteiger charge is 2.25. The van der Waals surface area contributed by atoms with Crippen molar-refractivity contribution in [3.8, 4) is 0 Å². The first kappa shape index (κ1) is 15.7. The molecule has 6 nitrogen and oxygen atoms in total. The highest BCUT2D eigenvalue weighted by Crippen LogP contribution is 2.24. The minimum absolute atomic E-state index is 0.0900. The predicted octanol–water partition coefficient (Wildman–Crippen LogP) is 0.679. The maximum Gasteiger partial charge on any atom is 0.245 e. The number of benzene rings is 1. The zero-order valence-corrected chi connectivity index (χ0v) is 12.3. The Morgan fingerprint density at radius 3 is 2.68 bits per heavy atom. The van der Waals surface area contributed by atoms with Crippen LogP contribution in [0.25, 0.3) is 0 Å². The minimum Gasteiger partial charge on any atom is -0.398 e. The Labute approximate surface area is 117 Å². The molecule has 1 rings (SSSR count). The maximum absolute atomic E-state index is 12.3. The van der Waals surface area contributed by atoms with Crippen LogP contribution in [-0.2, 0) is 14.8 Å². The maximum atomic E-state index is 12.3. The summed E-state index contributed by atoms with van der Waals surface area (Å²) in [6, 6.07) is 4.18. The van der Waals surface area contributed by atoms with Crippen molar-refractivity contribution in [3.63, 3.8) is 0 Å². The molecule has 0 unspecified atom stereocenters. The molecule has 8 heteroatoms. The van der Waals surface area contributed by atoms with Gasteiger partial charge in [0.25, 0.3) is 0 Å². The average Bonchev–Trinajstić information content (AvgIpc) is 2.32. The van der Waals surface area contributed by atoms with Gasteiger partial charge in [0.15, 0.2) is 0 Å². The number of carbonyl (C=O) groups is 1. The van der Waals surface area contributed by atoms with Gasteiger partial charge in [0.1, 0.15) is 4.90 Å². The number of carbonyl (C=O) groups excluding carboxylic acids is 1. The first-order valence-electron chi connectivity index (χ1n) is 5.57. The summed E-state index contributed by atoms with van der Waals surface area (Å²) in [6.45, 7) is 1.91. The van der Waals surface area contributed by atoms with E-state index in [0.29, 0.717) is 6.54 Å². The molecule has 0 fully saturated rings. The van der Waals surface area contributed by atoms with E-state index in [1.807, 2.05) is 0 Å². The summed E-state index contributed by atoms with van der Waals surface area (Å²) in [7, 11) is -2.53. The average molecular weight is 306 g/mol. The minimum atomic E-state index is -3.84. The highest BCUT2D eigenvalue weighted by molar-refractivity contribution is 7.89. The van der Waals surface area contributed by atoms with Crippen molar-refractivity contribution in [2.75, 3.05) is 25.9 Å². The lowest BCUT2D eigenvalue weighted by Gasteiger charge is -2.17. The zero-order chi connectivity index (χ0) is 14.6. The van der Waals surface area contributed by atoms with Crippen molar-refractivity contribution >= 4 is 33.2 Å². The normalized spacial score (nSPS) is 11.6. The number of anilines is 1. The van der Waals surface area contributed by atoms with E-state index in [-0.39, 0.29) is 28.1 Å². The van der Waals surface area contributed by atoms with Crippen LogP contribution < -0.4 is 11.1 Å². The van der Waals surface area contributed by atoms with Crippen molar-refractivity contribution in [2.24, 2.45) is 0 Å². The Morgan fingerprint density at radius 2 is 2.11 bits per heavy atom.